The lowest BCUT2D eigenvalue weighted by molar-refractivity contribution is -0.00518. The molecule has 0 atom stereocenters. The smallest absolute Gasteiger partial charge is 0.164 e. The fraction of sp³-hybridized carbons (Fsp3) is 0.227. The molecule has 0 spiro atoms. The number of nitriles is 1. The lowest BCUT2D eigenvalue weighted by Gasteiger charge is -2.57. The Kier molecular flexibility index (Phi) is 6.36. The van der Waals surface area contributed by atoms with Crippen LogP contribution in [0, 0.1) is 29.1 Å². The van der Waals surface area contributed by atoms with E-state index < -0.39 is 0 Å². The Labute approximate surface area is 285 Å². The topological polar surface area (TPSA) is 75.6 Å². The van der Waals surface area contributed by atoms with Gasteiger partial charge in [0, 0.05) is 27.5 Å². The molecule has 4 saturated carbocycles. The summed E-state index contributed by atoms with van der Waals surface area (Å²) < 4.78 is 6.05. The highest BCUT2D eigenvalue weighted by Gasteiger charge is 2.51. The molecular weight excluding hydrogens is 601 g/mol. The Morgan fingerprint density at radius 2 is 1.10 bits per heavy atom. The predicted molar refractivity (Wildman–Crippen MR) is 193 cm³/mol. The molecule has 5 heteroatoms. The van der Waals surface area contributed by atoms with Crippen LogP contribution in [-0.4, -0.2) is 15.0 Å². The van der Waals surface area contributed by atoms with Crippen molar-refractivity contribution >= 4 is 21.9 Å². The van der Waals surface area contributed by atoms with Crippen molar-refractivity contribution in [2.24, 2.45) is 17.8 Å². The fourth-order valence-electron chi connectivity index (χ4n) is 9.67. The Morgan fingerprint density at radius 3 is 1.71 bits per heavy atom. The Morgan fingerprint density at radius 1 is 0.551 bits per heavy atom. The summed E-state index contributed by atoms with van der Waals surface area (Å²) in [5, 5.41) is 11.5. The molecular formula is C44H34N4O. The minimum absolute atomic E-state index is 0.364. The number of hydrogen-bond acceptors (Lipinski definition) is 5. The van der Waals surface area contributed by atoms with Gasteiger partial charge in [-0.15, -0.1) is 0 Å². The van der Waals surface area contributed by atoms with Crippen LogP contribution in [0.25, 0.3) is 67.2 Å². The summed E-state index contributed by atoms with van der Waals surface area (Å²) in [6, 6.07) is 41.9. The van der Waals surface area contributed by atoms with Gasteiger partial charge in [-0.2, -0.15) is 5.26 Å². The van der Waals surface area contributed by atoms with Gasteiger partial charge in [0.2, 0.25) is 0 Å². The van der Waals surface area contributed by atoms with Crippen LogP contribution < -0.4 is 0 Å². The summed E-state index contributed by atoms with van der Waals surface area (Å²) >= 11 is 0. The SMILES string of the molecule is N#Cc1cccc2c1oc1ccc(-c3ccc(-c4nc(-c5ccccc5)nc(-c5ccc(C67C[C@H]8C[C@H](C6)C[C@@H](C7)C8)cc5)n4)cc3)cc12. The van der Waals surface area contributed by atoms with Gasteiger partial charge < -0.3 is 4.42 Å². The summed E-state index contributed by atoms with van der Waals surface area (Å²) in [6.45, 7) is 0. The average molecular weight is 635 g/mol. The van der Waals surface area contributed by atoms with Crippen molar-refractivity contribution in [2.45, 2.75) is 43.9 Å². The van der Waals surface area contributed by atoms with E-state index >= 15 is 0 Å². The van der Waals surface area contributed by atoms with E-state index in [1.165, 1.54) is 44.1 Å². The summed E-state index contributed by atoms with van der Waals surface area (Å²) in [6.07, 6.45) is 8.44. The standard InChI is InChI=1S/C44H34N4O/c45-26-35-7-4-8-37-38-22-34(15-18-39(38)49-40(35)37)30-9-11-32(12-10-30)42-46-41(31-5-2-1-3-6-31)47-43(48-42)33-13-16-36(17-14-33)44-23-27-19-28(24-44)21-29(20-27)25-44/h1-18,22,27-29H,19-21,23-25H2/t27-,28-,29-,44?. The van der Waals surface area contributed by atoms with E-state index in [1.807, 2.05) is 36.4 Å². The van der Waals surface area contributed by atoms with Crippen molar-refractivity contribution in [1.29, 1.82) is 5.26 Å². The Hall–Kier alpha value is -5.60. The van der Waals surface area contributed by atoms with Crippen molar-refractivity contribution in [3.63, 3.8) is 0 Å². The van der Waals surface area contributed by atoms with Crippen molar-refractivity contribution in [1.82, 2.24) is 15.0 Å². The monoisotopic (exact) mass is 634 g/mol. The zero-order chi connectivity index (χ0) is 32.5. The number of hydrogen-bond donors (Lipinski definition) is 0. The molecule has 2 heterocycles. The number of rotatable bonds is 5. The maximum absolute atomic E-state index is 9.55. The number of aromatic nitrogens is 3. The minimum Gasteiger partial charge on any atom is -0.455 e. The normalized spacial score (nSPS) is 22.5. The zero-order valence-corrected chi connectivity index (χ0v) is 27.1. The van der Waals surface area contributed by atoms with E-state index in [9.17, 15) is 5.26 Å². The van der Waals surface area contributed by atoms with E-state index in [4.69, 9.17) is 19.4 Å². The molecule has 5 aromatic carbocycles. The second kappa shape index (κ2) is 11.0. The molecule has 4 fully saturated rings. The predicted octanol–water partition coefficient (Wildman–Crippen LogP) is 10.8. The molecule has 236 valence electrons. The van der Waals surface area contributed by atoms with Gasteiger partial charge in [0.05, 0.1) is 5.56 Å². The molecule has 5 nitrogen and oxygen atoms in total. The molecule has 0 saturated heterocycles. The molecule has 0 N–H and O–H groups in total. The molecule has 7 aromatic rings. The maximum atomic E-state index is 9.55. The first kappa shape index (κ1) is 28.4. The minimum atomic E-state index is 0.364. The molecule has 0 unspecified atom stereocenters. The third-order valence-corrected chi connectivity index (χ3v) is 11.6. The van der Waals surface area contributed by atoms with E-state index in [2.05, 4.69) is 78.9 Å². The average Bonchev–Trinajstić information content (AvgIpc) is 3.53. The first-order valence-corrected chi connectivity index (χ1v) is 17.5. The lowest BCUT2D eigenvalue weighted by Crippen LogP contribution is -2.48. The number of nitrogens with zero attached hydrogens (tertiary/aromatic N) is 4. The second-order valence-corrected chi connectivity index (χ2v) is 14.6. The van der Waals surface area contributed by atoms with E-state index in [0.717, 1.165) is 61.9 Å². The maximum Gasteiger partial charge on any atom is 0.164 e. The van der Waals surface area contributed by atoms with Crippen molar-refractivity contribution in [3.8, 4) is 51.4 Å². The summed E-state index contributed by atoms with van der Waals surface area (Å²) in [5.74, 6) is 4.78. The van der Waals surface area contributed by atoms with Crippen molar-refractivity contribution in [3.05, 3.63) is 126 Å². The van der Waals surface area contributed by atoms with Crippen LogP contribution in [0.1, 0.15) is 49.7 Å². The molecule has 4 aliphatic carbocycles. The zero-order valence-electron chi connectivity index (χ0n) is 27.1. The molecule has 4 aliphatic rings. The van der Waals surface area contributed by atoms with Gasteiger partial charge in [0.1, 0.15) is 11.7 Å². The number of fused-ring (bicyclic) bond motifs is 3. The quantitative estimate of drug-likeness (QED) is 0.188. The summed E-state index contributed by atoms with van der Waals surface area (Å²) in [4.78, 5) is 15.0. The molecule has 11 rings (SSSR count). The van der Waals surface area contributed by atoms with Gasteiger partial charge in [-0.3, -0.25) is 0 Å². The van der Waals surface area contributed by atoms with Crippen LogP contribution in [-0.2, 0) is 5.41 Å². The van der Waals surface area contributed by atoms with Gasteiger partial charge in [-0.25, -0.2) is 15.0 Å². The van der Waals surface area contributed by atoms with Crippen LogP contribution in [0.15, 0.2) is 120 Å². The largest absolute Gasteiger partial charge is 0.455 e. The highest BCUT2D eigenvalue weighted by Crippen LogP contribution is 2.60. The van der Waals surface area contributed by atoms with Crippen LogP contribution in [0.2, 0.25) is 0 Å². The fourth-order valence-corrected chi connectivity index (χ4v) is 9.67. The summed E-state index contributed by atoms with van der Waals surface area (Å²) in [7, 11) is 0. The van der Waals surface area contributed by atoms with Gasteiger partial charge >= 0.3 is 0 Å². The molecule has 4 bridgehead atoms. The van der Waals surface area contributed by atoms with E-state index in [0.29, 0.717) is 34.0 Å². The van der Waals surface area contributed by atoms with Crippen LogP contribution in [0.3, 0.4) is 0 Å². The number of para-hydroxylation sites is 1. The van der Waals surface area contributed by atoms with Crippen LogP contribution >= 0.6 is 0 Å². The van der Waals surface area contributed by atoms with E-state index in [-0.39, 0.29) is 0 Å². The third-order valence-electron chi connectivity index (χ3n) is 11.6. The first-order valence-electron chi connectivity index (χ1n) is 17.5. The van der Waals surface area contributed by atoms with Crippen LogP contribution in [0.5, 0.6) is 0 Å². The highest BCUT2D eigenvalue weighted by molar-refractivity contribution is 6.07. The van der Waals surface area contributed by atoms with Crippen molar-refractivity contribution < 1.29 is 4.42 Å². The number of furan rings is 1. The third kappa shape index (κ3) is 4.77. The highest BCUT2D eigenvalue weighted by atomic mass is 16.3. The molecule has 0 amide bonds. The van der Waals surface area contributed by atoms with E-state index in [1.54, 1.807) is 6.07 Å². The first-order chi connectivity index (χ1) is 24.1. The second-order valence-electron chi connectivity index (χ2n) is 14.6. The molecule has 0 aliphatic heterocycles. The van der Waals surface area contributed by atoms with Gasteiger partial charge in [-0.1, -0.05) is 97.1 Å². The summed E-state index contributed by atoms with van der Waals surface area (Å²) in [5.41, 5.74) is 8.90. The molecule has 0 radical (unpaired) electrons. The lowest BCUT2D eigenvalue weighted by atomic mass is 9.48. The van der Waals surface area contributed by atoms with Crippen molar-refractivity contribution in [2.75, 3.05) is 0 Å². The van der Waals surface area contributed by atoms with Gasteiger partial charge in [0.25, 0.3) is 0 Å². The Bertz CT molecular complexity index is 2380. The number of benzene rings is 5. The van der Waals surface area contributed by atoms with Crippen LogP contribution in [0.4, 0.5) is 0 Å². The molecule has 49 heavy (non-hydrogen) atoms. The Balaban J connectivity index is 1.00. The molecule has 2 aromatic heterocycles. The van der Waals surface area contributed by atoms with Gasteiger partial charge in [0.15, 0.2) is 23.1 Å². The van der Waals surface area contributed by atoms with Gasteiger partial charge in [-0.05, 0) is 96.6 Å².